The van der Waals surface area contributed by atoms with Crippen molar-refractivity contribution in [1.29, 1.82) is 5.26 Å². The van der Waals surface area contributed by atoms with Gasteiger partial charge in [-0.15, -0.1) is 0 Å². The van der Waals surface area contributed by atoms with Gasteiger partial charge in [0.2, 0.25) is 5.91 Å². The Hall–Kier alpha value is -4.76. The molecule has 2 heterocycles. The first-order valence-corrected chi connectivity index (χ1v) is 15.3. The molecule has 3 aliphatic rings. The highest BCUT2D eigenvalue weighted by Gasteiger charge is 2.54. The van der Waals surface area contributed by atoms with Crippen LogP contribution in [0.5, 0.6) is 0 Å². The molecule has 6 rings (SSSR count). The predicted octanol–water partition coefficient (Wildman–Crippen LogP) is 1.41. The molecule has 3 amide bonds. The van der Waals surface area contributed by atoms with E-state index >= 15 is 0 Å². The zero-order valence-electron chi connectivity index (χ0n) is 25.8. The van der Waals surface area contributed by atoms with E-state index in [9.17, 15) is 24.4 Å². The first-order chi connectivity index (χ1) is 21.6. The Morgan fingerprint density at radius 2 is 1.64 bits per heavy atom. The number of nitrogens with one attached hydrogen (secondary N) is 3. The molecule has 2 aromatic carbocycles. The van der Waals surface area contributed by atoms with Crippen molar-refractivity contribution in [2.75, 3.05) is 20.6 Å². The minimum atomic E-state index is -1.05. The Kier molecular flexibility index (Phi) is 7.82. The normalized spacial score (nSPS) is 21.4. The molecular formula is C33H37N7O5. The Balaban J connectivity index is 1.46. The molecule has 3 N–H and O–H groups in total. The van der Waals surface area contributed by atoms with E-state index in [1.54, 1.807) is 38.2 Å². The maximum absolute atomic E-state index is 13.3. The van der Waals surface area contributed by atoms with Gasteiger partial charge in [-0.25, -0.2) is 4.79 Å². The van der Waals surface area contributed by atoms with Gasteiger partial charge >= 0.3 is 5.76 Å². The minimum absolute atomic E-state index is 0.0569. The van der Waals surface area contributed by atoms with E-state index in [1.807, 2.05) is 31.2 Å². The van der Waals surface area contributed by atoms with E-state index < -0.39 is 11.2 Å². The van der Waals surface area contributed by atoms with Crippen molar-refractivity contribution in [1.82, 2.24) is 30.6 Å². The highest BCUT2D eigenvalue weighted by molar-refractivity contribution is 5.95. The Bertz CT molecular complexity index is 1720. The highest BCUT2D eigenvalue weighted by atomic mass is 16.5. The van der Waals surface area contributed by atoms with Crippen molar-refractivity contribution in [3.63, 3.8) is 0 Å². The number of likely N-dealkylation sites (tertiary alicyclic amines) is 1. The fourth-order valence-corrected chi connectivity index (χ4v) is 7.49. The van der Waals surface area contributed by atoms with E-state index in [4.69, 9.17) is 4.52 Å². The number of fused-ring (bicyclic) bond motifs is 3. The molecular weight excluding hydrogens is 574 g/mol. The number of hydrogen-bond acceptors (Lipinski definition) is 8. The monoisotopic (exact) mass is 611 g/mol. The molecule has 2 fully saturated rings. The first-order valence-electron chi connectivity index (χ1n) is 15.3. The maximum atomic E-state index is 13.3. The highest BCUT2D eigenvalue weighted by Crippen LogP contribution is 2.49. The molecule has 234 valence electrons. The molecule has 1 saturated carbocycles. The number of aryl methyl sites for hydroxylation is 3. The summed E-state index contributed by atoms with van der Waals surface area (Å²) in [5, 5.41) is 18.4. The van der Waals surface area contributed by atoms with Crippen LogP contribution in [0.3, 0.4) is 0 Å². The van der Waals surface area contributed by atoms with Gasteiger partial charge in [0, 0.05) is 44.4 Å². The number of amides is 3. The van der Waals surface area contributed by atoms with Gasteiger partial charge in [-0.05, 0) is 91.5 Å². The number of nitriles is 1. The second kappa shape index (κ2) is 11.6. The fourth-order valence-electron chi connectivity index (χ4n) is 7.49. The van der Waals surface area contributed by atoms with Crippen LogP contribution in [0.25, 0.3) is 0 Å². The third-order valence-electron chi connectivity index (χ3n) is 9.62. The number of carbonyl (C=O) groups excluding carboxylic acids is 3. The number of piperidine rings is 1. The maximum Gasteiger partial charge on any atom is 0.459 e. The molecule has 0 bridgehead atoms. The van der Waals surface area contributed by atoms with Crippen molar-refractivity contribution in [3.8, 4) is 6.07 Å². The molecule has 1 aromatic heterocycles. The van der Waals surface area contributed by atoms with Gasteiger partial charge < -0.3 is 25.4 Å². The van der Waals surface area contributed by atoms with E-state index in [0.717, 1.165) is 35.1 Å². The van der Waals surface area contributed by atoms with Crippen LogP contribution in [0.1, 0.15) is 75.0 Å². The van der Waals surface area contributed by atoms with Crippen LogP contribution >= 0.6 is 0 Å². The summed E-state index contributed by atoms with van der Waals surface area (Å²) < 4.78 is 6.80. The standard InChI is InChI=1S/C33H37N7O5/c1-18(37-17-28(41)40-24(16-34)13-23-14-27(23)40)15-33(31-38-32(44)45-39(31)4)25-9-7-21(29(42)35-2)11-19(25)5-6-20-12-22(30(43)36-3)8-10-26(20)33/h7-12,18,23-24,27,37H,5-6,13-15,17H2,1-4H3,(H,35,42)(H,36,43)/t18-,23-,24+,27+/m1/s1. The van der Waals surface area contributed by atoms with E-state index in [2.05, 4.69) is 27.0 Å². The van der Waals surface area contributed by atoms with Gasteiger partial charge in [0.05, 0.1) is 18.0 Å². The lowest BCUT2D eigenvalue weighted by Crippen LogP contribution is -2.46. The Morgan fingerprint density at radius 3 is 2.16 bits per heavy atom. The molecule has 3 aromatic rings. The summed E-state index contributed by atoms with van der Waals surface area (Å²) in [5.41, 5.74) is 3.48. The zero-order chi connectivity index (χ0) is 32.0. The molecule has 4 atom stereocenters. The summed E-state index contributed by atoms with van der Waals surface area (Å²) >= 11 is 0. The predicted molar refractivity (Wildman–Crippen MR) is 164 cm³/mol. The summed E-state index contributed by atoms with van der Waals surface area (Å²) in [6.07, 6.45) is 3.20. The smallest absolute Gasteiger partial charge is 0.355 e. The topological polar surface area (TPSA) is 162 Å². The fraction of sp³-hybridized carbons (Fsp3) is 0.455. The van der Waals surface area contributed by atoms with Crippen LogP contribution in [0.2, 0.25) is 0 Å². The third-order valence-corrected chi connectivity index (χ3v) is 9.62. The second-order valence-electron chi connectivity index (χ2n) is 12.3. The molecule has 0 unspecified atom stereocenters. The molecule has 1 aliphatic heterocycles. The summed E-state index contributed by atoms with van der Waals surface area (Å²) in [7, 11) is 4.80. The molecule has 0 spiro atoms. The summed E-state index contributed by atoms with van der Waals surface area (Å²) in [6.45, 7) is 2.03. The third kappa shape index (κ3) is 5.21. The minimum Gasteiger partial charge on any atom is -0.355 e. The Morgan fingerprint density at radius 1 is 1.04 bits per heavy atom. The van der Waals surface area contributed by atoms with Gasteiger partial charge in [0.25, 0.3) is 11.8 Å². The number of rotatable bonds is 8. The van der Waals surface area contributed by atoms with Crippen molar-refractivity contribution in [2.24, 2.45) is 13.0 Å². The van der Waals surface area contributed by atoms with Gasteiger partial charge in [-0.2, -0.15) is 15.0 Å². The molecule has 0 radical (unpaired) electrons. The zero-order valence-corrected chi connectivity index (χ0v) is 25.8. The van der Waals surface area contributed by atoms with Crippen LogP contribution in [0.15, 0.2) is 45.7 Å². The molecule has 1 saturated heterocycles. The van der Waals surface area contributed by atoms with Crippen molar-refractivity contribution in [2.45, 2.75) is 62.6 Å². The van der Waals surface area contributed by atoms with Crippen LogP contribution in [0.4, 0.5) is 0 Å². The second-order valence-corrected chi connectivity index (χ2v) is 12.3. The number of hydrogen-bond donors (Lipinski definition) is 3. The van der Waals surface area contributed by atoms with Crippen LogP contribution in [0, 0.1) is 17.2 Å². The molecule has 2 aliphatic carbocycles. The molecule has 45 heavy (non-hydrogen) atoms. The van der Waals surface area contributed by atoms with E-state index in [0.29, 0.717) is 42.1 Å². The average molecular weight is 612 g/mol. The van der Waals surface area contributed by atoms with Crippen molar-refractivity contribution < 1.29 is 18.9 Å². The lowest BCUT2D eigenvalue weighted by Gasteiger charge is -2.37. The molecule has 12 heteroatoms. The van der Waals surface area contributed by atoms with Crippen molar-refractivity contribution >= 4 is 17.7 Å². The van der Waals surface area contributed by atoms with Crippen molar-refractivity contribution in [3.05, 3.63) is 86.2 Å². The summed E-state index contributed by atoms with van der Waals surface area (Å²) in [5.74, 6) is -0.480. The SMILES string of the molecule is CNC(=O)c1ccc2c(c1)CCc1cc(C(=O)NC)ccc1C2(C[C@@H](C)NCC(=O)N1[C@H](C#N)C[C@@H]2C[C@@H]21)c1nc(=O)on1C. The lowest BCUT2D eigenvalue weighted by molar-refractivity contribution is -0.131. The van der Waals surface area contributed by atoms with Gasteiger partial charge in [-0.1, -0.05) is 12.1 Å². The lowest BCUT2D eigenvalue weighted by atomic mass is 9.67. The van der Waals surface area contributed by atoms with Gasteiger partial charge in [-0.3, -0.25) is 14.4 Å². The van der Waals surface area contributed by atoms with E-state index in [-0.39, 0.29) is 42.4 Å². The van der Waals surface area contributed by atoms with Gasteiger partial charge in [0.1, 0.15) is 6.04 Å². The molecule has 12 nitrogen and oxygen atoms in total. The van der Waals surface area contributed by atoms with Gasteiger partial charge in [0.15, 0.2) is 5.82 Å². The van der Waals surface area contributed by atoms with Crippen LogP contribution in [-0.4, -0.2) is 71.1 Å². The number of benzene rings is 2. The Labute approximate surface area is 260 Å². The van der Waals surface area contributed by atoms with Crippen LogP contribution < -0.4 is 21.7 Å². The average Bonchev–Trinajstić information content (AvgIpc) is 3.61. The van der Waals surface area contributed by atoms with Crippen LogP contribution in [-0.2, 0) is 30.1 Å². The van der Waals surface area contributed by atoms with E-state index in [1.165, 1.54) is 4.74 Å². The number of aromatic nitrogens is 2. The summed E-state index contributed by atoms with van der Waals surface area (Å²) in [6, 6.07) is 12.8. The quantitative estimate of drug-likeness (QED) is 0.344. The summed E-state index contributed by atoms with van der Waals surface area (Å²) in [4.78, 5) is 57.4. The first kappa shape index (κ1) is 30.3. The number of nitrogens with zero attached hydrogens (tertiary/aromatic N) is 4. The number of carbonyl (C=O) groups is 3. The largest absolute Gasteiger partial charge is 0.459 e.